The Hall–Kier alpha value is -2.90. The lowest BCUT2D eigenvalue weighted by Gasteiger charge is -2.32. The van der Waals surface area contributed by atoms with Crippen molar-refractivity contribution in [1.29, 1.82) is 0 Å². The van der Waals surface area contributed by atoms with Crippen LogP contribution in [-0.4, -0.2) is 46.5 Å². The smallest absolute Gasteiger partial charge is 0.127 e. The first-order valence-electron chi connectivity index (χ1n) is 13.9. The van der Waals surface area contributed by atoms with Crippen LogP contribution in [0.1, 0.15) is 83.0 Å². The molecule has 1 heterocycles. The van der Waals surface area contributed by atoms with Crippen LogP contribution < -0.4 is 4.74 Å². The molecular formula is C32H49N3O4. The molecule has 0 aliphatic heterocycles. The minimum atomic E-state index is 0. The van der Waals surface area contributed by atoms with Gasteiger partial charge in [0.1, 0.15) is 23.8 Å². The van der Waals surface area contributed by atoms with Gasteiger partial charge in [-0.2, -0.15) is 0 Å². The number of hydrogen-bond donors (Lipinski definition) is 1. The van der Waals surface area contributed by atoms with E-state index in [1.807, 2.05) is 12.3 Å². The molecule has 2 atom stereocenters. The van der Waals surface area contributed by atoms with Gasteiger partial charge in [0.15, 0.2) is 0 Å². The minimum Gasteiger partial charge on any atom is -0.507 e. The number of allylic oxidation sites excluding steroid dienone is 4. The molecule has 0 fully saturated rings. The Bertz CT molecular complexity index is 1080. The van der Waals surface area contributed by atoms with Crippen LogP contribution in [0.4, 0.5) is 0 Å². The second kappa shape index (κ2) is 16.9. The summed E-state index contributed by atoms with van der Waals surface area (Å²) in [5.74, 6) is 1.40. The molecule has 216 valence electrons. The van der Waals surface area contributed by atoms with Gasteiger partial charge in [0.2, 0.25) is 0 Å². The lowest BCUT2D eigenvalue weighted by Crippen LogP contribution is -2.19. The van der Waals surface area contributed by atoms with E-state index in [0.29, 0.717) is 45.3 Å². The molecule has 0 spiro atoms. The first-order valence-corrected chi connectivity index (χ1v) is 13.9. The normalized spacial score (nSPS) is 16.8. The first-order chi connectivity index (χ1) is 18.4. The van der Waals surface area contributed by atoms with Crippen molar-refractivity contribution >= 4 is 0 Å². The molecule has 7 heteroatoms. The summed E-state index contributed by atoms with van der Waals surface area (Å²) in [6, 6.07) is 4.04. The number of unbranched alkanes of at least 4 members (excludes halogenated alkanes) is 2. The van der Waals surface area contributed by atoms with Crippen LogP contribution in [0.2, 0.25) is 0 Å². The summed E-state index contributed by atoms with van der Waals surface area (Å²) in [4.78, 5) is 0. The number of benzene rings is 1. The van der Waals surface area contributed by atoms with Crippen LogP contribution in [0.5, 0.6) is 11.5 Å². The van der Waals surface area contributed by atoms with Crippen LogP contribution in [0.3, 0.4) is 0 Å². The largest absolute Gasteiger partial charge is 0.507 e. The highest BCUT2D eigenvalue weighted by molar-refractivity contribution is 5.52. The summed E-state index contributed by atoms with van der Waals surface area (Å²) < 4.78 is 19.4. The molecule has 0 saturated carbocycles. The average Bonchev–Trinajstić information content (AvgIpc) is 3.33. The highest BCUT2D eigenvalue weighted by Crippen LogP contribution is 2.47. The van der Waals surface area contributed by atoms with E-state index in [-0.39, 0.29) is 19.3 Å². The van der Waals surface area contributed by atoms with Gasteiger partial charge in [-0.15, -0.1) is 11.7 Å². The Morgan fingerprint density at radius 2 is 1.95 bits per heavy atom. The van der Waals surface area contributed by atoms with E-state index in [0.717, 1.165) is 60.2 Å². The maximum Gasteiger partial charge on any atom is 0.127 e. The fourth-order valence-corrected chi connectivity index (χ4v) is 4.98. The third-order valence-corrected chi connectivity index (χ3v) is 6.97. The Labute approximate surface area is 235 Å². The summed E-state index contributed by atoms with van der Waals surface area (Å²) in [7, 11) is 0. The molecule has 1 aromatic heterocycles. The number of phenolic OH excluding ortho intramolecular Hbond substituents is 1. The zero-order valence-electron chi connectivity index (χ0n) is 23.5. The lowest BCUT2D eigenvalue weighted by atomic mass is 9.73. The first kappa shape index (κ1) is 32.3. The molecular weight excluding hydrogens is 490 g/mol. The molecule has 0 saturated heterocycles. The summed E-state index contributed by atoms with van der Waals surface area (Å²) >= 11 is 0. The van der Waals surface area contributed by atoms with Crippen LogP contribution >= 0.6 is 0 Å². The van der Waals surface area contributed by atoms with Gasteiger partial charge in [0.25, 0.3) is 0 Å². The predicted octanol–water partition coefficient (Wildman–Crippen LogP) is 7.17. The second-order valence-corrected chi connectivity index (χ2v) is 10.2. The lowest BCUT2D eigenvalue weighted by molar-refractivity contribution is 0.0292. The predicted molar refractivity (Wildman–Crippen MR) is 158 cm³/mol. The number of rotatable bonds is 17. The minimum absolute atomic E-state index is 0. The number of aryl methyl sites for hydroxylation is 1. The second-order valence-electron chi connectivity index (χ2n) is 10.2. The average molecular weight is 540 g/mol. The Kier molecular flexibility index (Phi) is 14.0. The van der Waals surface area contributed by atoms with Gasteiger partial charge in [0, 0.05) is 11.5 Å². The van der Waals surface area contributed by atoms with E-state index in [1.165, 1.54) is 12.0 Å². The summed E-state index contributed by atoms with van der Waals surface area (Å²) in [5, 5.41) is 19.3. The molecule has 1 N–H and O–H groups in total. The molecule has 2 aromatic rings. The summed E-state index contributed by atoms with van der Waals surface area (Å²) in [5.41, 5.74) is 5.24. The van der Waals surface area contributed by atoms with E-state index >= 15 is 0 Å². The Balaban J connectivity index is 0.00000533. The molecule has 7 nitrogen and oxygen atoms in total. The highest BCUT2D eigenvalue weighted by atomic mass is 16.5. The summed E-state index contributed by atoms with van der Waals surface area (Å²) in [6.07, 6.45) is 12.4. The Morgan fingerprint density at radius 3 is 2.69 bits per heavy atom. The SMILES string of the molecule is C.C=CCn1cc(COCCOCCOc2cc(CCCCC)cc(O)c2C2C=C(C)CCC2C(=C)C)nn1. The molecule has 0 amide bonds. The number of ether oxygens (including phenoxy) is 3. The zero-order valence-corrected chi connectivity index (χ0v) is 23.5. The monoisotopic (exact) mass is 539 g/mol. The third kappa shape index (κ3) is 9.97. The molecule has 1 aliphatic carbocycles. The van der Waals surface area contributed by atoms with Crippen LogP contribution in [0.15, 0.2) is 54.8 Å². The van der Waals surface area contributed by atoms with E-state index in [2.05, 4.69) is 56.4 Å². The van der Waals surface area contributed by atoms with Crippen LogP contribution in [-0.2, 0) is 29.0 Å². The number of aromatic hydroxyl groups is 1. The number of hydrogen-bond acceptors (Lipinski definition) is 6. The van der Waals surface area contributed by atoms with E-state index in [1.54, 1.807) is 10.8 Å². The molecule has 1 aliphatic rings. The number of aromatic nitrogens is 3. The number of phenols is 1. The van der Waals surface area contributed by atoms with Gasteiger partial charge in [-0.1, -0.05) is 62.3 Å². The van der Waals surface area contributed by atoms with E-state index in [4.69, 9.17) is 14.2 Å². The van der Waals surface area contributed by atoms with E-state index < -0.39 is 0 Å². The van der Waals surface area contributed by atoms with Crippen LogP contribution in [0, 0.1) is 5.92 Å². The van der Waals surface area contributed by atoms with Crippen molar-refractivity contribution in [2.24, 2.45) is 5.92 Å². The third-order valence-electron chi connectivity index (χ3n) is 6.97. The standard InChI is InChI=1S/C31H45N3O4.CH4/c1-6-8-9-10-25-19-29(35)31(28-18-24(5)11-12-27(28)23(3)4)30(20-25)38-17-16-36-14-15-37-22-26-21-34(13-7-2)33-32-26;/h7,18-21,27-28,35H,2-3,6,8-17,22H2,1,4-5H3;1H4. The number of nitrogens with zero attached hydrogens (tertiary/aromatic N) is 3. The van der Waals surface area contributed by atoms with Gasteiger partial charge < -0.3 is 19.3 Å². The van der Waals surface area contributed by atoms with Gasteiger partial charge in [-0.25, -0.2) is 4.68 Å². The van der Waals surface area contributed by atoms with Crippen molar-refractivity contribution in [2.45, 2.75) is 85.8 Å². The van der Waals surface area contributed by atoms with Crippen molar-refractivity contribution in [1.82, 2.24) is 15.0 Å². The fourth-order valence-electron chi connectivity index (χ4n) is 4.98. The quantitative estimate of drug-likeness (QED) is 0.170. The Morgan fingerprint density at radius 1 is 1.18 bits per heavy atom. The van der Waals surface area contributed by atoms with Gasteiger partial charge in [-0.3, -0.25) is 0 Å². The van der Waals surface area contributed by atoms with Crippen molar-refractivity contribution in [3.8, 4) is 11.5 Å². The molecule has 0 radical (unpaired) electrons. The van der Waals surface area contributed by atoms with Gasteiger partial charge in [-0.05, 0) is 63.1 Å². The van der Waals surface area contributed by atoms with Crippen molar-refractivity contribution in [2.75, 3.05) is 26.4 Å². The van der Waals surface area contributed by atoms with E-state index in [9.17, 15) is 5.11 Å². The maximum atomic E-state index is 11.2. The molecule has 2 unspecified atom stereocenters. The molecule has 3 rings (SSSR count). The van der Waals surface area contributed by atoms with Crippen molar-refractivity contribution in [3.05, 3.63) is 71.6 Å². The highest BCUT2D eigenvalue weighted by Gasteiger charge is 2.30. The van der Waals surface area contributed by atoms with Crippen molar-refractivity contribution in [3.63, 3.8) is 0 Å². The molecule has 39 heavy (non-hydrogen) atoms. The molecule has 1 aromatic carbocycles. The van der Waals surface area contributed by atoms with Crippen LogP contribution in [0.25, 0.3) is 0 Å². The zero-order chi connectivity index (χ0) is 27.3. The topological polar surface area (TPSA) is 78.6 Å². The fraction of sp³-hybridized carbons (Fsp3) is 0.562. The summed E-state index contributed by atoms with van der Waals surface area (Å²) in [6.45, 7) is 17.2. The van der Waals surface area contributed by atoms with Gasteiger partial charge >= 0.3 is 0 Å². The van der Waals surface area contributed by atoms with Gasteiger partial charge in [0.05, 0.1) is 39.2 Å². The molecule has 0 bridgehead atoms. The van der Waals surface area contributed by atoms with Crippen molar-refractivity contribution < 1.29 is 19.3 Å². The maximum absolute atomic E-state index is 11.2.